The highest BCUT2D eigenvalue weighted by atomic mass is 35.5. The lowest BCUT2D eigenvalue weighted by molar-refractivity contribution is -0.122. The van der Waals surface area contributed by atoms with Crippen LogP contribution in [-0.4, -0.2) is 38.4 Å². The zero-order valence-electron chi connectivity index (χ0n) is 15.0. The van der Waals surface area contributed by atoms with Gasteiger partial charge in [0.05, 0.1) is 11.6 Å². The second kappa shape index (κ2) is 8.06. The number of terminal acetylenes is 1. The van der Waals surface area contributed by atoms with Gasteiger partial charge in [-0.25, -0.2) is 15.0 Å². The number of anilines is 1. The first-order chi connectivity index (χ1) is 13.0. The molecule has 0 aliphatic heterocycles. The maximum atomic E-state index is 12.3. The van der Waals surface area contributed by atoms with Crippen molar-refractivity contribution in [3.8, 4) is 23.7 Å². The number of nitrogens with one attached hydrogen (secondary N) is 3. The third kappa shape index (κ3) is 4.18. The lowest BCUT2D eigenvalue weighted by Gasteiger charge is -2.21. The number of amides is 1. The van der Waals surface area contributed by atoms with Gasteiger partial charge < -0.3 is 15.6 Å². The summed E-state index contributed by atoms with van der Waals surface area (Å²) >= 11 is 6.06. The van der Waals surface area contributed by atoms with Crippen molar-refractivity contribution in [2.75, 3.05) is 11.9 Å². The van der Waals surface area contributed by atoms with E-state index in [1.807, 2.05) is 19.9 Å². The third-order valence-corrected chi connectivity index (χ3v) is 4.22. The molecule has 1 atom stereocenters. The average molecular weight is 391 g/mol. The van der Waals surface area contributed by atoms with Crippen LogP contribution in [0.1, 0.15) is 19.6 Å². The fourth-order valence-corrected chi connectivity index (χ4v) is 2.83. The van der Waals surface area contributed by atoms with Gasteiger partial charge in [0.25, 0.3) is 0 Å². The van der Waals surface area contributed by atoms with Crippen molar-refractivity contribution in [1.29, 1.82) is 0 Å². The first-order valence-corrected chi connectivity index (χ1v) is 8.81. The standard InChI is InChI=1S/C19H19ClN6O.4H2/c1-4-6-22-19(27)16(11(2)3)25-15-5-7-21-18(26-15)14-10-24-17-13(14)8-12(20)9-23-17;;;;/h1,5,7-11,16H,6H2,2-3H3,(H,22,27)(H,23,24)(H,21,25,26);4*1H/t16-;;;;/m1..../s1. The monoisotopic (exact) mass is 390 g/mol. The molecule has 0 aromatic carbocycles. The fraction of sp³-hybridized carbons (Fsp3) is 0.263. The molecule has 0 spiro atoms. The quantitative estimate of drug-likeness (QED) is 0.555. The smallest absolute Gasteiger partial charge is 0.243 e. The van der Waals surface area contributed by atoms with Gasteiger partial charge in [-0.1, -0.05) is 31.4 Å². The predicted octanol–water partition coefficient (Wildman–Crippen LogP) is 3.84. The second-order valence-corrected chi connectivity index (χ2v) is 6.74. The van der Waals surface area contributed by atoms with E-state index in [0.29, 0.717) is 22.3 Å². The third-order valence-electron chi connectivity index (χ3n) is 4.01. The van der Waals surface area contributed by atoms with Crippen LogP contribution in [-0.2, 0) is 4.79 Å². The normalized spacial score (nSPS) is 12.0. The summed E-state index contributed by atoms with van der Waals surface area (Å²) in [6, 6.07) is 3.05. The molecule has 27 heavy (non-hydrogen) atoms. The van der Waals surface area contributed by atoms with E-state index >= 15 is 0 Å². The van der Waals surface area contributed by atoms with Crippen LogP contribution >= 0.6 is 11.6 Å². The van der Waals surface area contributed by atoms with E-state index in [-0.39, 0.29) is 24.1 Å². The first kappa shape index (κ1) is 18.7. The Balaban J connectivity index is 0. The van der Waals surface area contributed by atoms with Gasteiger partial charge in [-0.05, 0) is 18.1 Å². The largest absolute Gasteiger partial charge is 0.358 e. The SMILES string of the molecule is C#CCNC(=O)[C@H](Nc1ccnc(-c2c[nH]c3ncc(Cl)cc23)n1)C(C)C.[HH].[HH].[HH].[HH]. The summed E-state index contributed by atoms with van der Waals surface area (Å²) in [5.74, 6) is 3.31. The number of hydrogen-bond donors (Lipinski definition) is 3. The molecule has 1 amide bonds. The van der Waals surface area contributed by atoms with Crippen molar-refractivity contribution in [3.05, 3.63) is 35.7 Å². The summed E-state index contributed by atoms with van der Waals surface area (Å²) in [5.41, 5.74) is 1.48. The zero-order chi connectivity index (χ0) is 19.4. The Morgan fingerprint density at radius 3 is 3.00 bits per heavy atom. The highest BCUT2D eigenvalue weighted by Gasteiger charge is 2.22. The lowest BCUT2D eigenvalue weighted by Crippen LogP contribution is -2.43. The Hall–Kier alpha value is -3.11. The Bertz CT molecular complexity index is 1020. The van der Waals surface area contributed by atoms with E-state index in [1.54, 1.807) is 24.7 Å². The molecule has 3 N–H and O–H groups in total. The van der Waals surface area contributed by atoms with E-state index in [2.05, 4.69) is 36.5 Å². The van der Waals surface area contributed by atoms with Gasteiger partial charge in [0, 0.05) is 35.2 Å². The molecule has 8 heteroatoms. The van der Waals surface area contributed by atoms with Crippen molar-refractivity contribution in [2.45, 2.75) is 19.9 Å². The molecule has 0 saturated carbocycles. The Morgan fingerprint density at radius 1 is 1.44 bits per heavy atom. The van der Waals surface area contributed by atoms with E-state index in [0.717, 1.165) is 10.9 Å². The predicted molar refractivity (Wildman–Crippen MR) is 115 cm³/mol. The van der Waals surface area contributed by atoms with Crippen molar-refractivity contribution in [1.82, 2.24) is 25.3 Å². The number of rotatable bonds is 6. The topological polar surface area (TPSA) is 95.6 Å². The van der Waals surface area contributed by atoms with Crippen LogP contribution in [0.25, 0.3) is 22.4 Å². The molecule has 0 saturated heterocycles. The number of hydrogen-bond acceptors (Lipinski definition) is 5. The number of carbonyl (C=O) groups is 1. The van der Waals surface area contributed by atoms with E-state index < -0.39 is 6.04 Å². The second-order valence-electron chi connectivity index (χ2n) is 6.31. The summed E-state index contributed by atoms with van der Waals surface area (Å²) in [6.07, 6.45) is 10.2. The van der Waals surface area contributed by atoms with E-state index in [9.17, 15) is 4.79 Å². The molecule has 146 valence electrons. The van der Waals surface area contributed by atoms with Crippen LogP contribution in [0.15, 0.2) is 30.7 Å². The highest BCUT2D eigenvalue weighted by Crippen LogP contribution is 2.27. The van der Waals surface area contributed by atoms with Crippen LogP contribution in [0.4, 0.5) is 5.82 Å². The number of aromatic amines is 1. The van der Waals surface area contributed by atoms with Gasteiger partial charge >= 0.3 is 0 Å². The van der Waals surface area contributed by atoms with Gasteiger partial charge in [-0.2, -0.15) is 0 Å². The molecule has 3 rings (SSSR count). The molecule has 7 nitrogen and oxygen atoms in total. The molecule has 3 aromatic rings. The Morgan fingerprint density at radius 2 is 2.26 bits per heavy atom. The Labute approximate surface area is 167 Å². The van der Waals surface area contributed by atoms with Gasteiger partial charge in [0.2, 0.25) is 5.91 Å². The van der Waals surface area contributed by atoms with Crippen molar-refractivity contribution in [3.63, 3.8) is 0 Å². The minimum Gasteiger partial charge on any atom is -0.358 e. The van der Waals surface area contributed by atoms with Gasteiger partial charge in [-0.15, -0.1) is 6.42 Å². The van der Waals surface area contributed by atoms with Crippen LogP contribution < -0.4 is 10.6 Å². The molecule has 3 aromatic heterocycles. The maximum absolute atomic E-state index is 12.3. The number of nitrogens with zero attached hydrogens (tertiary/aromatic N) is 3. The molecule has 0 fully saturated rings. The fourth-order valence-electron chi connectivity index (χ4n) is 2.67. The first-order valence-electron chi connectivity index (χ1n) is 8.43. The van der Waals surface area contributed by atoms with Gasteiger partial charge in [-0.3, -0.25) is 4.79 Å². The van der Waals surface area contributed by atoms with Crippen LogP contribution in [0.2, 0.25) is 5.02 Å². The maximum Gasteiger partial charge on any atom is 0.243 e. The zero-order valence-corrected chi connectivity index (χ0v) is 15.7. The highest BCUT2D eigenvalue weighted by molar-refractivity contribution is 6.31. The van der Waals surface area contributed by atoms with Crippen molar-refractivity contribution >= 4 is 34.4 Å². The van der Waals surface area contributed by atoms with Crippen LogP contribution in [0, 0.1) is 18.3 Å². The molecule has 0 bridgehead atoms. The molecular formula is C19H27ClN6O. The van der Waals surface area contributed by atoms with Crippen molar-refractivity contribution < 1.29 is 10.5 Å². The number of aromatic nitrogens is 4. The summed E-state index contributed by atoms with van der Waals surface area (Å²) in [4.78, 5) is 28.5. The number of pyridine rings is 1. The lowest BCUT2D eigenvalue weighted by atomic mass is 10.0. The van der Waals surface area contributed by atoms with Gasteiger partial charge in [0.1, 0.15) is 17.5 Å². The van der Waals surface area contributed by atoms with E-state index in [1.165, 1.54) is 0 Å². The molecular weight excluding hydrogens is 364 g/mol. The van der Waals surface area contributed by atoms with E-state index in [4.69, 9.17) is 18.0 Å². The molecule has 0 aliphatic rings. The number of fused-ring (bicyclic) bond motifs is 1. The summed E-state index contributed by atoms with van der Waals surface area (Å²) in [6.45, 7) is 4.08. The number of halogens is 1. The summed E-state index contributed by atoms with van der Waals surface area (Å²) in [7, 11) is 0. The minimum atomic E-state index is -0.472. The molecule has 0 radical (unpaired) electrons. The number of H-pyrrole nitrogens is 1. The average Bonchev–Trinajstić information content (AvgIpc) is 3.07. The number of carbonyl (C=O) groups excluding carboxylic acids is 1. The molecule has 0 unspecified atom stereocenters. The van der Waals surface area contributed by atoms with Crippen LogP contribution in [0.5, 0.6) is 0 Å². The van der Waals surface area contributed by atoms with Crippen molar-refractivity contribution in [2.24, 2.45) is 5.92 Å². The summed E-state index contributed by atoms with van der Waals surface area (Å²) in [5, 5.41) is 7.22. The minimum absolute atomic E-state index is 0. The van der Waals surface area contributed by atoms with Gasteiger partial charge in [0.15, 0.2) is 5.82 Å². The van der Waals surface area contributed by atoms with Crippen LogP contribution in [0.3, 0.4) is 0 Å². The molecule has 3 heterocycles. The Kier molecular flexibility index (Phi) is 5.57. The molecule has 0 aliphatic carbocycles. The summed E-state index contributed by atoms with van der Waals surface area (Å²) < 4.78 is 0.